The zero-order valence-corrected chi connectivity index (χ0v) is 9.11. The van der Waals surface area contributed by atoms with Crippen LogP contribution in [0.1, 0.15) is 34.5 Å². The molecule has 0 aliphatic heterocycles. The molecule has 0 radical (unpaired) electrons. The topological polar surface area (TPSA) is 73.3 Å². The number of aromatic carboxylic acids is 1. The molecular formula is C12H13NO3. The molecule has 0 aliphatic carbocycles. The first-order valence-corrected chi connectivity index (χ1v) is 5.03. The predicted octanol–water partition coefficient (Wildman–Crippen LogP) is 2.23. The maximum Gasteiger partial charge on any atom is 0.336 e. The summed E-state index contributed by atoms with van der Waals surface area (Å²) >= 11 is 0. The van der Waals surface area contributed by atoms with Gasteiger partial charge in [0.2, 0.25) is 0 Å². The molecule has 3 N–H and O–H groups in total. The number of rotatable bonds is 2. The number of carbonyl (C=O) groups is 1. The summed E-state index contributed by atoms with van der Waals surface area (Å²) in [5, 5.41) is 19.4. The highest BCUT2D eigenvalue weighted by Crippen LogP contribution is 2.26. The normalized spacial score (nSPS) is 12.9. The molecule has 1 atom stereocenters. The van der Waals surface area contributed by atoms with Crippen molar-refractivity contribution in [3.8, 4) is 0 Å². The molecule has 1 aromatic carbocycles. The molecule has 1 aromatic heterocycles. The summed E-state index contributed by atoms with van der Waals surface area (Å²) < 4.78 is 0. The van der Waals surface area contributed by atoms with Crippen LogP contribution in [0.5, 0.6) is 0 Å². The quantitative estimate of drug-likeness (QED) is 0.725. The number of hydrogen-bond acceptors (Lipinski definition) is 2. The third-order valence-electron chi connectivity index (χ3n) is 2.74. The number of fused-ring (bicyclic) bond motifs is 1. The molecule has 16 heavy (non-hydrogen) atoms. The first kappa shape index (κ1) is 10.7. The van der Waals surface area contributed by atoms with Crippen molar-refractivity contribution in [1.82, 2.24) is 4.98 Å². The molecule has 1 unspecified atom stereocenters. The number of nitrogens with one attached hydrogen (secondary N) is 1. The molecule has 2 aromatic rings. The predicted molar refractivity (Wildman–Crippen MR) is 60.6 cm³/mol. The van der Waals surface area contributed by atoms with Crippen molar-refractivity contribution in [2.75, 3.05) is 0 Å². The van der Waals surface area contributed by atoms with E-state index in [1.807, 2.05) is 0 Å². The smallest absolute Gasteiger partial charge is 0.336 e. The Bertz CT molecular complexity index is 555. The number of hydrogen-bond donors (Lipinski definition) is 3. The van der Waals surface area contributed by atoms with Gasteiger partial charge in [-0.1, -0.05) is 0 Å². The Labute approximate surface area is 92.5 Å². The Morgan fingerprint density at radius 3 is 2.69 bits per heavy atom. The van der Waals surface area contributed by atoms with Crippen molar-refractivity contribution in [3.05, 3.63) is 35.0 Å². The first-order chi connectivity index (χ1) is 7.50. The average molecular weight is 219 g/mol. The lowest BCUT2D eigenvalue weighted by molar-refractivity contribution is 0.0696. The first-order valence-electron chi connectivity index (χ1n) is 5.03. The Hall–Kier alpha value is -1.81. The van der Waals surface area contributed by atoms with Crippen molar-refractivity contribution in [2.24, 2.45) is 0 Å². The molecule has 84 valence electrons. The van der Waals surface area contributed by atoms with E-state index in [4.69, 9.17) is 5.11 Å². The molecule has 0 spiro atoms. The number of aromatic nitrogens is 1. The summed E-state index contributed by atoms with van der Waals surface area (Å²) in [6.45, 7) is 3.44. The van der Waals surface area contributed by atoms with E-state index in [0.717, 1.165) is 16.5 Å². The summed E-state index contributed by atoms with van der Waals surface area (Å²) in [7, 11) is 0. The number of aromatic amines is 1. The van der Waals surface area contributed by atoms with E-state index in [9.17, 15) is 9.90 Å². The van der Waals surface area contributed by atoms with Crippen LogP contribution in [0.4, 0.5) is 0 Å². The minimum atomic E-state index is -0.937. The van der Waals surface area contributed by atoms with Crippen molar-refractivity contribution in [2.45, 2.75) is 20.0 Å². The van der Waals surface area contributed by atoms with E-state index < -0.39 is 12.1 Å². The largest absolute Gasteiger partial charge is 0.478 e. The molecule has 0 fully saturated rings. The highest BCUT2D eigenvalue weighted by atomic mass is 16.4. The molecular weight excluding hydrogens is 206 g/mol. The fourth-order valence-corrected chi connectivity index (χ4v) is 1.88. The van der Waals surface area contributed by atoms with Gasteiger partial charge in [-0.15, -0.1) is 0 Å². The molecule has 0 saturated heterocycles. The molecule has 4 nitrogen and oxygen atoms in total. The van der Waals surface area contributed by atoms with E-state index >= 15 is 0 Å². The van der Waals surface area contributed by atoms with E-state index in [1.165, 1.54) is 0 Å². The second-order valence-electron chi connectivity index (χ2n) is 3.94. The average Bonchev–Trinajstić information content (AvgIpc) is 2.58. The molecule has 0 saturated carbocycles. The van der Waals surface area contributed by atoms with Gasteiger partial charge in [0.1, 0.15) is 0 Å². The van der Waals surface area contributed by atoms with Crippen molar-refractivity contribution in [3.63, 3.8) is 0 Å². The number of aliphatic hydroxyl groups is 1. The van der Waals surface area contributed by atoms with Crippen LogP contribution in [0, 0.1) is 6.92 Å². The zero-order valence-electron chi connectivity index (χ0n) is 9.11. The van der Waals surface area contributed by atoms with Crippen molar-refractivity contribution < 1.29 is 15.0 Å². The minimum Gasteiger partial charge on any atom is -0.478 e. The summed E-state index contributed by atoms with van der Waals surface area (Å²) in [5.74, 6) is -0.937. The fraction of sp³-hybridized carbons (Fsp3) is 0.250. The Morgan fingerprint density at radius 2 is 2.12 bits per heavy atom. The lowest BCUT2D eigenvalue weighted by Crippen LogP contribution is -1.99. The minimum absolute atomic E-state index is 0.284. The van der Waals surface area contributed by atoms with E-state index in [1.54, 1.807) is 32.2 Å². The lowest BCUT2D eigenvalue weighted by Gasteiger charge is -2.04. The van der Waals surface area contributed by atoms with Crippen LogP contribution in [0.3, 0.4) is 0 Å². The number of benzene rings is 1. The Kier molecular flexibility index (Phi) is 2.44. The number of aryl methyl sites for hydroxylation is 1. The third kappa shape index (κ3) is 1.57. The Balaban J connectivity index is 2.71. The van der Waals surface area contributed by atoms with Crippen molar-refractivity contribution in [1.29, 1.82) is 0 Å². The Morgan fingerprint density at radius 1 is 1.44 bits per heavy atom. The van der Waals surface area contributed by atoms with Gasteiger partial charge < -0.3 is 15.2 Å². The lowest BCUT2D eigenvalue weighted by atomic mass is 10.0. The summed E-state index contributed by atoms with van der Waals surface area (Å²) in [6.07, 6.45) is 1.14. The van der Waals surface area contributed by atoms with E-state index in [0.29, 0.717) is 5.56 Å². The molecule has 2 rings (SSSR count). The number of carboxylic acid groups (broad SMARTS) is 1. The highest BCUT2D eigenvalue weighted by Gasteiger charge is 2.13. The van der Waals surface area contributed by atoms with Crippen LogP contribution < -0.4 is 0 Å². The highest BCUT2D eigenvalue weighted by molar-refractivity contribution is 5.96. The summed E-state index contributed by atoms with van der Waals surface area (Å²) in [5.41, 5.74) is 2.50. The van der Waals surface area contributed by atoms with E-state index in [2.05, 4.69) is 4.98 Å². The van der Waals surface area contributed by atoms with Crippen molar-refractivity contribution >= 4 is 16.9 Å². The van der Waals surface area contributed by atoms with Gasteiger partial charge in [0.25, 0.3) is 0 Å². The number of carboxylic acids is 1. The van der Waals surface area contributed by atoms with Gasteiger partial charge in [-0.3, -0.25) is 0 Å². The second kappa shape index (κ2) is 3.64. The van der Waals surface area contributed by atoms with Crippen LogP contribution >= 0.6 is 0 Å². The SMILES string of the molecule is Cc1cc2c(C(C)O)c[nH]c2cc1C(=O)O. The van der Waals surface area contributed by atoms with Gasteiger partial charge in [0, 0.05) is 22.7 Å². The molecule has 0 amide bonds. The van der Waals surface area contributed by atoms with Gasteiger partial charge in [0.05, 0.1) is 11.7 Å². The molecule has 1 heterocycles. The van der Waals surface area contributed by atoms with Gasteiger partial charge in [0.15, 0.2) is 0 Å². The maximum atomic E-state index is 10.9. The van der Waals surface area contributed by atoms with E-state index in [-0.39, 0.29) is 5.56 Å². The molecule has 4 heteroatoms. The monoisotopic (exact) mass is 219 g/mol. The van der Waals surface area contributed by atoms with Crippen LogP contribution in [0.2, 0.25) is 0 Å². The number of H-pyrrole nitrogens is 1. The summed E-state index contributed by atoms with van der Waals surface area (Å²) in [6, 6.07) is 3.39. The molecule has 0 aliphatic rings. The van der Waals surface area contributed by atoms with Crippen LogP contribution in [-0.2, 0) is 0 Å². The van der Waals surface area contributed by atoms with Crippen LogP contribution in [-0.4, -0.2) is 21.2 Å². The second-order valence-corrected chi connectivity index (χ2v) is 3.94. The number of aliphatic hydroxyl groups excluding tert-OH is 1. The summed E-state index contributed by atoms with van der Waals surface area (Å²) in [4.78, 5) is 13.9. The zero-order chi connectivity index (χ0) is 11.9. The molecule has 0 bridgehead atoms. The maximum absolute atomic E-state index is 10.9. The van der Waals surface area contributed by atoms with Gasteiger partial charge in [-0.25, -0.2) is 4.79 Å². The standard InChI is InChI=1S/C12H13NO3/c1-6-3-9-10(7(2)14)5-13-11(9)4-8(6)12(15)16/h3-5,7,13-14H,1-2H3,(H,15,16). The van der Waals surface area contributed by atoms with Gasteiger partial charge in [-0.2, -0.15) is 0 Å². The van der Waals surface area contributed by atoms with Crippen LogP contribution in [0.15, 0.2) is 18.3 Å². The van der Waals surface area contributed by atoms with Gasteiger partial charge in [-0.05, 0) is 31.5 Å². The van der Waals surface area contributed by atoms with Gasteiger partial charge >= 0.3 is 5.97 Å². The third-order valence-corrected chi connectivity index (χ3v) is 2.74. The fourth-order valence-electron chi connectivity index (χ4n) is 1.88. The van der Waals surface area contributed by atoms with Crippen LogP contribution in [0.25, 0.3) is 10.9 Å².